The Morgan fingerprint density at radius 1 is 1.00 bits per heavy atom. The molecule has 2 heterocycles. The highest BCUT2D eigenvalue weighted by molar-refractivity contribution is 6.42. The van der Waals surface area contributed by atoms with Gasteiger partial charge in [-0.1, -0.05) is 29.3 Å². The lowest BCUT2D eigenvalue weighted by molar-refractivity contribution is 0.0975. The molecule has 7 heteroatoms. The fourth-order valence-corrected chi connectivity index (χ4v) is 5.50. The van der Waals surface area contributed by atoms with Gasteiger partial charge in [-0.15, -0.1) is 0 Å². The van der Waals surface area contributed by atoms with Crippen molar-refractivity contribution in [3.63, 3.8) is 0 Å². The molecule has 1 spiro atoms. The Morgan fingerprint density at radius 2 is 1.74 bits per heavy atom. The molecule has 2 aliphatic rings. The second-order valence-electron chi connectivity index (χ2n) is 9.09. The van der Waals surface area contributed by atoms with Gasteiger partial charge in [0.05, 0.1) is 17.2 Å². The second-order valence-corrected chi connectivity index (χ2v) is 9.90. The molecule has 1 fully saturated rings. The minimum absolute atomic E-state index is 0.0781. The number of rotatable bonds is 4. The zero-order valence-corrected chi connectivity index (χ0v) is 20.4. The molecule has 1 saturated heterocycles. The van der Waals surface area contributed by atoms with Crippen molar-refractivity contribution in [2.24, 2.45) is 0 Å². The zero-order valence-electron chi connectivity index (χ0n) is 18.9. The molecule has 0 N–H and O–H groups in total. The Kier molecular flexibility index (Phi) is 6.28. The summed E-state index contributed by atoms with van der Waals surface area (Å²) in [5.41, 5.74) is 3.18. The molecule has 176 valence electrons. The smallest absolute Gasteiger partial charge is 0.258 e. The number of halogens is 3. The van der Waals surface area contributed by atoms with Crippen LogP contribution >= 0.6 is 23.2 Å². The largest absolute Gasteiger partial charge is 0.497 e. The molecule has 1 amide bonds. The lowest BCUT2D eigenvalue weighted by Crippen LogP contribution is -2.45. The van der Waals surface area contributed by atoms with Crippen molar-refractivity contribution in [1.82, 2.24) is 4.90 Å². The molecule has 0 saturated carbocycles. The summed E-state index contributed by atoms with van der Waals surface area (Å²) in [7, 11) is 1.60. The number of nitrogens with zero attached hydrogens (tertiary/aromatic N) is 2. The summed E-state index contributed by atoms with van der Waals surface area (Å²) in [6.07, 6.45) is 1.69. The third-order valence-electron chi connectivity index (χ3n) is 7.07. The van der Waals surface area contributed by atoms with E-state index in [4.69, 9.17) is 27.9 Å². The van der Waals surface area contributed by atoms with Gasteiger partial charge in [0, 0.05) is 29.8 Å². The van der Waals surface area contributed by atoms with Crippen molar-refractivity contribution in [3.05, 3.63) is 93.2 Å². The number of amides is 1. The van der Waals surface area contributed by atoms with E-state index in [1.807, 2.05) is 23.1 Å². The average Bonchev–Trinajstić information content (AvgIpc) is 3.15. The highest BCUT2D eigenvalue weighted by atomic mass is 35.5. The fourth-order valence-electron chi connectivity index (χ4n) is 5.17. The van der Waals surface area contributed by atoms with E-state index in [1.54, 1.807) is 43.5 Å². The number of anilines is 1. The zero-order chi connectivity index (χ0) is 23.9. The molecular weight excluding hydrogens is 474 g/mol. The molecule has 0 aromatic heterocycles. The van der Waals surface area contributed by atoms with Gasteiger partial charge in [0.1, 0.15) is 11.6 Å². The average molecular weight is 499 g/mol. The maximum atomic E-state index is 14.3. The topological polar surface area (TPSA) is 32.8 Å². The van der Waals surface area contributed by atoms with Gasteiger partial charge in [-0.05, 0) is 91.7 Å². The molecule has 3 aromatic carbocycles. The van der Waals surface area contributed by atoms with Gasteiger partial charge in [-0.25, -0.2) is 4.39 Å². The summed E-state index contributed by atoms with van der Waals surface area (Å²) >= 11 is 12.2. The van der Waals surface area contributed by atoms with Crippen LogP contribution in [0.5, 0.6) is 5.75 Å². The van der Waals surface area contributed by atoms with Crippen molar-refractivity contribution in [3.8, 4) is 5.75 Å². The first-order chi connectivity index (χ1) is 16.4. The molecule has 0 unspecified atom stereocenters. The molecule has 5 rings (SSSR count). The Hall–Kier alpha value is -2.60. The Labute approximate surface area is 208 Å². The first-order valence-electron chi connectivity index (χ1n) is 11.3. The number of benzene rings is 3. The van der Waals surface area contributed by atoms with E-state index in [1.165, 1.54) is 6.07 Å². The summed E-state index contributed by atoms with van der Waals surface area (Å²) in [4.78, 5) is 17.6. The van der Waals surface area contributed by atoms with E-state index in [0.717, 1.165) is 49.3 Å². The maximum absolute atomic E-state index is 14.3. The van der Waals surface area contributed by atoms with Crippen LogP contribution in [0.25, 0.3) is 0 Å². The number of likely N-dealkylation sites (tertiary alicyclic amines) is 1. The lowest BCUT2D eigenvalue weighted by atomic mass is 9.74. The fraction of sp³-hybridized carbons (Fsp3) is 0.296. The number of hydrogen-bond donors (Lipinski definition) is 0. The minimum atomic E-state index is -0.268. The molecule has 4 nitrogen and oxygen atoms in total. The van der Waals surface area contributed by atoms with Crippen LogP contribution in [-0.4, -0.2) is 37.6 Å². The highest BCUT2D eigenvalue weighted by Crippen LogP contribution is 2.48. The van der Waals surface area contributed by atoms with Crippen LogP contribution in [0.15, 0.2) is 60.7 Å². The number of carbonyl (C=O) groups excluding carboxylic acids is 1. The minimum Gasteiger partial charge on any atom is -0.497 e. The standard InChI is InChI=1S/C27H25Cl2FN2O2/c1-34-21-6-3-19(4-7-21)26(33)32-17-27(22-15-20(30)5-9-25(22)32)10-12-31(13-11-27)16-18-2-8-23(28)24(29)14-18/h2-9,14-15H,10-13,16-17H2,1H3. The van der Waals surface area contributed by atoms with E-state index < -0.39 is 0 Å². The quantitative estimate of drug-likeness (QED) is 0.420. The molecule has 0 bridgehead atoms. The molecule has 0 atom stereocenters. The summed E-state index contributed by atoms with van der Waals surface area (Å²) in [6.45, 7) is 3.02. The van der Waals surface area contributed by atoms with Crippen LogP contribution in [0.3, 0.4) is 0 Å². The Bertz CT molecular complexity index is 1220. The van der Waals surface area contributed by atoms with Gasteiger partial charge < -0.3 is 9.64 Å². The SMILES string of the molecule is COc1ccc(C(=O)N2CC3(CCN(Cc4ccc(Cl)c(Cl)c4)CC3)c3cc(F)ccc32)cc1. The molecule has 0 aliphatic carbocycles. The van der Waals surface area contributed by atoms with Crippen LogP contribution in [0.1, 0.15) is 34.3 Å². The van der Waals surface area contributed by atoms with E-state index in [9.17, 15) is 9.18 Å². The van der Waals surface area contributed by atoms with Gasteiger partial charge in [-0.2, -0.15) is 0 Å². The van der Waals surface area contributed by atoms with Crippen molar-refractivity contribution in [2.45, 2.75) is 24.8 Å². The highest BCUT2D eigenvalue weighted by Gasteiger charge is 2.46. The number of fused-ring (bicyclic) bond motifs is 2. The van der Waals surface area contributed by atoms with Gasteiger partial charge in [0.25, 0.3) is 5.91 Å². The van der Waals surface area contributed by atoms with Crippen LogP contribution in [0, 0.1) is 5.82 Å². The predicted molar refractivity (Wildman–Crippen MR) is 134 cm³/mol. The molecule has 2 aliphatic heterocycles. The van der Waals surface area contributed by atoms with Crippen LogP contribution in [0.4, 0.5) is 10.1 Å². The van der Waals surface area contributed by atoms with Crippen LogP contribution in [0.2, 0.25) is 10.0 Å². The summed E-state index contributed by atoms with van der Waals surface area (Å²) in [5, 5.41) is 1.11. The first-order valence-corrected chi connectivity index (χ1v) is 12.1. The molecular formula is C27H25Cl2FN2O2. The normalized spacial score (nSPS) is 17.1. The van der Waals surface area contributed by atoms with E-state index in [0.29, 0.717) is 27.9 Å². The van der Waals surface area contributed by atoms with Crippen molar-refractivity contribution < 1.29 is 13.9 Å². The summed E-state index contributed by atoms with van der Waals surface area (Å²) in [6, 6.07) is 17.6. The lowest BCUT2D eigenvalue weighted by Gasteiger charge is -2.40. The van der Waals surface area contributed by atoms with Gasteiger partial charge >= 0.3 is 0 Å². The summed E-state index contributed by atoms with van der Waals surface area (Å²) in [5.74, 6) is 0.354. The van der Waals surface area contributed by atoms with Gasteiger partial charge in [-0.3, -0.25) is 9.69 Å². The summed E-state index contributed by atoms with van der Waals surface area (Å²) < 4.78 is 19.5. The number of hydrogen-bond acceptors (Lipinski definition) is 3. The van der Waals surface area contributed by atoms with Crippen molar-refractivity contribution in [2.75, 3.05) is 31.6 Å². The number of piperidine rings is 1. The maximum Gasteiger partial charge on any atom is 0.258 e. The molecule has 34 heavy (non-hydrogen) atoms. The third-order valence-corrected chi connectivity index (χ3v) is 7.81. The predicted octanol–water partition coefficient (Wildman–Crippen LogP) is 6.34. The third kappa shape index (κ3) is 4.28. The van der Waals surface area contributed by atoms with Crippen LogP contribution < -0.4 is 9.64 Å². The van der Waals surface area contributed by atoms with E-state index >= 15 is 0 Å². The van der Waals surface area contributed by atoms with Gasteiger partial charge in [0.15, 0.2) is 0 Å². The molecule has 3 aromatic rings. The van der Waals surface area contributed by atoms with E-state index in [2.05, 4.69) is 4.90 Å². The number of ether oxygens (including phenoxy) is 1. The van der Waals surface area contributed by atoms with Crippen molar-refractivity contribution in [1.29, 1.82) is 0 Å². The Morgan fingerprint density at radius 3 is 2.41 bits per heavy atom. The van der Waals surface area contributed by atoms with Crippen molar-refractivity contribution >= 4 is 34.8 Å². The van der Waals surface area contributed by atoms with Gasteiger partial charge in [0.2, 0.25) is 0 Å². The number of methoxy groups -OCH3 is 1. The molecule has 0 radical (unpaired) electrons. The van der Waals surface area contributed by atoms with E-state index in [-0.39, 0.29) is 17.1 Å². The second kappa shape index (κ2) is 9.21. The van der Waals surface area contributed by atoms with Crippen LogP contribution in [-0.2, 0) is 12.0 Å². The monoisotopic (exact) mass is 498 g/mol. The number of carbonyl (C=O) groups is 1. The Balaban J connectivity index is 1.36. The first kappa shape index (κ1) is 23.2.